The summed E-state index contributed by atoms with van der Waals surface area (Å²) in [5.41, 5.74) is 0.176. The van der Waals surface area contributed by atoms with Crippen LogP contribution in [-0.2, 0) is 6.18 Å². The van der Waals surface area contributed by atoms with Crippen molar-refractivity contribution in [1.29, 1.82) is 0 Å². The molecule has 0 saturated heterocycles. The highest BCUT2D eigenvalue weighted by Crippen LogP contribution is 2.29. The summed E-state index contributed by atoms with van der Waals surface area (Å²) in [6.45, 7) is 0. The van der Waals surface area contributed by atoms with Gasteiger partial charge in [-0.25, -0.2) is 4.68 Å². The van der Waals surface area contributed by atoms with Gasteiger partial charge in [-0.15, -0.1) is 0 Å². The van der Waals surface area contributed by atoms with Gasteiger partial charge in [-0.3, -0.25) is 9.59 Å². The minimum absolute atomic E-state index is 0.182. The number of carbonyl (C=O) groups is 2. The predicted octanol–water partition coefficient (Wildman–Crippen LogP) is 4.92. The van der Waals surface area contributed by atoms with Crippen LogP contribution in [0.2, 0.25) is 0 Å². The number of alkyl halides is 3. The number of nitrogens with zero attached hydrogens (tertiary/aromatic N) is 3. The van der Waals surface area contributed by atoms with Gasteiger partial charge in [0.15, 0.2) is 5.69 Å². The average Bonchev–Trinajstić information content (AvgIpc) is 3.20. The number of nitrogens with one attached hydrogen (secondary N) is 1. The van der Waals surface area contributed by atoms with Gasteiger partial charge >= 0.3 is 6.18 Å². The van der Waals surface area contributed by atoms with Crippen LogP contribution in [0.1, 0.15) is 16.1 Å². The molecule has 0 aliphatic rings. The molecule has 0 bridgehead atoms. The van der Waals surface area contributed by atoms with E-state index in [1.165, 1.54) is 35.4 Å². The molecule has 156 valence electrons. The summed E-state index contributed by atoms with van der Waals surface area (Å²) in [6, 6.07) is 13.7. The number of amides is 2. The summed E-state index contributed by atoms with van der Waals surface area (Å²) in [6.07, 6.45) is -3.32. The Morgan fingerprint density at radius 1 is 1.03 bits per heavy atom. The second kappa shape index (κ2) is 8.62. The van der Waals surface area contributed by atoms with Gasteiger partial charge in [0.05, 0.1) is 11.4 Å². The fraction of sp³-hybridized carbons (Fsp3) is 0.150. The van der Waals surface area contributed by atoms with Crippen LogP contribution < -0.4 is 5.32 Å². The van der Waals surface area contributed by atoms with Crippen LogP contribution in [0.5, 0.6) is 0 Å². The number of aromatic nitrogens is 2. The zero-order valence-corrected chi connectivity index (χ0v) is 16.8. The number of hydrogen-bond acceptors (Lipinski definition) is 4. The predicted molar refractivity (Wildman–Crippen MR) is 108 cm³/mol. The van der Waals surface area contributed by atoms with Gasteiger partial charge in [-0.05, 0) is 54.2 Å². The van der Waals surface area contributed by atoms with E-state index in [4.69, 9.17) is 0 Å². The lowest BCUT2D eigenvalue weighted by molar-refractivity contribution is -0.141. The maximum Gasteiger partial charge on any atom is 0.435 e. The molecule has 1 N–H and O–H groups in total. The number of para-hydroxylation sites is 1. The lowest BCUT2D eigenvalue weighted by Crippen LogP contribution is -2.17. The minimum Gasteiger partial charge on any atom is -0.339 e. The summed E-state index contributed by atoms with van der Waals surface area (Å²) >= 11 is 0.988. The van der Waals surface area contributed by atoms with Gasteiger partial charge < -0.3 is 10.2 Å². The Morgan fingerprint density at radius 2 is 1.70 bits per heavy atom. The lowest BCUT2D eigenvalue weighted by Gasteiger charge is -2.13. The third kappa shape index (κ3) is 5.01. The molecule has 0 unspecified atom stereocenters. The molecule has 0 spiro atoms. The monoisotopic (exact) mass is 434 g/mol. The summed E-state index contributed by atoms with van der Waals surface area (Å²) in [5, 5.41) is 6.07. The molecule has 3 rings (SSSR count). The quantitative estimate of drug-likeness (QED) is 0.592. The van der Waals surface area contributed by atoms with Crippen LogP contribution in [0.25, 0.3) is 5.69 Å². The molecule has 1 aromatic heterocycles. The van der Waals surface area contributed by atoms with Gasteiger partial charge in [0.2, 0.25) is 0 Å². The molecule has 30 heavy (non-hydrogen) atoms. The molecule has 0 aliphatic heterocycles. The maximum atomic E-state index is 12.7. The van der Waals surface area contributed by atoms with Crippen LogP contribution in [0, 0.1) is 0 Å². The van der Waals surface area contributed by atoms with Crippen molar-refractivity contribution in [2.45, 2.75) is 11.1 Å². The van der Waals surface area contributed by atoms with E-state index in [2.05, 4.69) is 10.4 Å². The van der Waals surface area contributed by atoms with E-state index >= 15 is 0 Å². The number of thioether (sulfide) groups is 1. The summed E-state index contributed by atoms with van der Waals surface area (Å²) in [4.78, 5) is 26.6. The first-order valence-electron chi connectivity index (χ1n) is 8.68. The zero-order valence-electron chi connectivity index (χ0n) is 16.0. The Kier molecular flexibility index (Phi) is 6.16. The Labute approximate surface area is 174 Å². The molecule has 1 heterocycles. The molecule has 10 heteroatoms. The minimum atomic E-state index is -4.52. The van der Waals surface area contributed by atoms with Crippen molar-refractivity contribution >= 4 is 28.6 Å². The number of rotatable bonds is 4. The van der Waals surface area contributed by atoms with Crippen molar-refractivity contribution in [2.75, 3.05) is 19.4 Å². The van der Waals surface area contributed by atoms with Crippen molar-refractivity contribution in [3.05, 3.63) is 72.1 Å². The first-order valence-corrected chi connectivity index (χ1v) is 9.49. The second-order valence-corrected chi connectivity index (χ2v) is 7.40. The highest BCUT2D eigenvalue weighted by Gasteiger charge is 2.33. The first-order chi connectivity index (χ1) is 14.1. The average molecular weight is 434 g/mol. The Morgan fingerprint density at radius 3 is 2.30 bits per heavy atom. The normalized spacial score (nSPS) is 11.2. The lowest BCUT2D eigenvalue weighted by atomic mass is 10.2. The number of hydrogen-bond donors (Lipinski definition) is 1. The van der Waals surface area contributed by atoms with E-state index in [0.29, 0.717) is 21.8 Å². The summed E-state index contributed by atoms with van der Waals surface area (Å²) in [7, 11) is 3.27. The SMILES string of the molecule is CN(C)C(=O)Sc1ccccc1NC(=O)c1ccc(-n2ccc(C(F)(F)F)n2)cc1. The molecule has 3 aromatic rings. The molecule has 2 amide bonds. The third-order valence-corrected chi connectivity index (χ3v) is 5.09. The fourth-order valence-electron chi connectivity index (χ4n) is 2.42. The Hall–Kier alpha value is -3.27. The van der Waals surface area contributed by atoms with E-state index in [1.54, 1.807) is 38.4 Å². The molecule has 6 nitrogen and oxygen atoms in total. The van der Waals surface area contributed by atoms with Crippen LogP contribution in [0.4, 0.5) is 23.7 Å². The van der Waals surface area contributed by atoms with Crippen molar-refractivity contribution in [3.63, 3.8) is 0 Å². The number of carbonyl (C=O) groups excluding carboxylic acids is 2. The molecular formula is C20H17F3N4O2S. The third-order valence-electron chi connectivity index (χ3n) is 3.97. The number of halogens is 3. The molecule has 0 saturated carbocycles. The van der Waals surface area contributed by atoms with Gasteiger partial charge in [-0.1, -0.05) is 12.1 Å². The van der Waals surface area contributed by atoms with E-state index < -0.39 is 17.8 Å². The Bertz CT molecular complexity index is 1060. The van der Waals surface area contributed by atoms with Gasteiger partial charge in [0.25, 0.3) is 11.1 Å². The van der Waals surface area contributed by atoms with E-state index in [-0.39, 0.29) is 5.24 Å². The van der Waals surface area contributed by atoms with Crippen LogP contribution >= 0.6 is 11.8 Å². The highest BCUT2D eigenvalue weighted by molar-refractivity contribution is 8.13. The second-order valence-electron chi connectivity index (χ2n) is 6.40. The van der Waals surface area contributed by atoms with Crippen LogP contribution in [0.15, 0.2) is 65.7 Å². The van der Waals surface area contributed by atoms with Gasteiger partial charge in [0, 0.05) is 30.8 Å². The van der Waals surface area contributed by atoms with E-state index in [9.17, 15) is 22.8 Å². The van der Waals surface area contributed by atoms with Crippen molar-refractivity contribution in [2.24, 2.45) is 0 Å². The molecule has 0 aliphatic carbocycles. The Balaban J connectivity index is 1.74. The first kappa shape index (κ1) is 21.4. The zero-order chi connectivity index (χ0) is 21.9. The molecule has 2 aromatic carbocycles. The number of anilines is 1. The van der Waals surface area contributed by atoms with Crippen molar-refractivity contribution in [3.8, 4) is 5.69 Å². The summed E-state index contributed by atoms with van der Waals surface area (Å²) in [5.74, 6) is -0.414. The number of benzene rings is 2. The summed E-state index contributed by atoms with van der Waals surface area (Å²) < 4.78 is 39.2. The standard InChI is InChI=1S/C20H17F3N4O2S/c1-26(2)19(29)30-16-6-4-3-5-15(16)24-18(28)13-7-9-14(10-8-13)27-12-11-17(25-27)20(21,22)23/h3-12H,1-2H3,(H,24,28). The van der Waals surface area contributed by atoms with Crippen LogP contribution in [0.3, 0.4) is 0 Å². The van der Waals surface area contributed by atoms with Crippen molar-refractivity contribution in [1.82, 2.24) is 14.7 Å². The largest absolute Gasteiger partial charge is 0.435 e. The molecular weight excluding hydrogens is 417 g/mol. The van der Waals surface area contributed by atoms with E-state index in [1.807, 2.05) is 0 Å². The highest BCUT2D eigenvalue weighted by atomic mass is 32.2. The smallest absolute Gasteiger partial charge is 0.339 e. The van der Waals surface area contributed by atoms with Crippen molar-refractivity contribution < 1.29 is 22.8 Å². The molecule has 0 atom stereocenters. The fourth-order valence-corrected chi connectivity index (χ4v) is 3.17. The maximum absolute atomic E-state index is 12.7. The van der Waals surface area contributed by atoms with Crippen LogP contribution in [-0.4, -0.2) is 39.9 Å². The molecule has 0 fully saturated rings. The van der Waals surface area contributed by atoms with E-state index in [0.717, 1.165) is 22.5 Å². The molecule has 0 radical (unpaired) electrons. The topological polar surface area (TPSA) is 67.2 Å². The van der Waals surface area contributed by atoms with Gasteiger partial charge in [0.1, 0.15) is 0 Å². The van der Waals surface area contributed by atoms with Gasteiger partial charge in [-0.2, -0.15) is 18.3 Å².